The Morgan fingerprint density at radius 3 is 2.29 bits per heavy atom. The molecule has 7 heteroatoms. The normalized spacial score (nSPS) is 14.0. The second-order valence-electron chi connectivity index (χ2n) is 6.18. The van der Waals surface area contributed by atoms with Crippen molar-refractivity contribution in [1.82, 2.24) is 0 Å². The maximum atomic E-state index is 11.5. The van der Waals surface area contributed by atoms with Crippen LogP contribution in [0.2, 0.25) is 0 Å². The molecule has 21 heavy (non-hydrogen) atoms. The molecule has 0 rings (SSSR count). The molecule has 0 radical (unpaired) electrons. The summed E-state index contributed by atoms with van der Waals surface area (Å²) < 4.78 is 37.4. The van der Waals surface area contributed by atoms with Crippen molar-refractivity contribution in [2.45, 2.75) is 39.5 Å². The van der Waals surface area contributed by atoms with Crippen molar-refractivity contribution in [2.75, 3.05) is 39.5 Å². The number of hydrogen-bond donors (Lipinski definition) is 0. The highest BCUT2D eigenvalue weighted by Crippen LogP contribution is 2.07. The van der Waals surface area contributed by atoms with E-state index >= 15 is 0 Å². The predicted octanol–water partition coefficient (Wildman–Crippen LogP) is 1.37. The molecule has 0 amide bonds. The van der Waals surface area contributed by atoms with Gasteiger partial charge in [-0.15, -0.1) is 0 Å². The van der Waals surface area contributed by atoms with Crippen LogP contribution in [0.3, 0.4) is 0 Å². The average Bonchev–Trinajstić information content (AvgIpc) is 2.37. The zero-order chi connectivity index (χ0) is 16.5. The van der Waals surface area contributed by atoms with E-state index in [-0.39, 0.29) is 17.6 Å². The molecule has 0 aliphatic carbocycles. The number of nitrogens with zero attached hydrogens (tertiary/aromatic N) is 1. The molecule has 0 aromatic rings. The van der Waals surface area contributed by atoms with Gasteiger partial charge >= 0.3 is 5.97 Å². The molecule has 0 aromatic heterocycles. The van der Waals surface area contributed by atoms with Crippen molar-refractivity contribution >= 4 is 16.1 Å². The van der Waals surface area contributed by atoms with Crippen LogP contribution in [0.4, 0.5) is 0 Å². The smallest absolute Gasteiger partial charge is 0.308 e. The summed E-state index contributed by atoms with van der Waals surface area (Å²) in [6, 6.07) is 0. The van der Waals surface area contributed by atoms with Crippen molar-refractivity contribution in [2.24, 2.45) is 5.92 Å². The van der Waals surface area contributed by atoms with E-state index in [0.717, 1.165) is 30.4 Å². The first-order chi connectivity index (χ1) is 9.57. The summed E-state index contributed by atoms with van der Waals surface area (Å²) in [4.78, 5) is 11.5. The molecule has 0 N–H and O–H groups in total. The first-order valence-corrected chi connectivity index (χ1v) is 9.07. The minimum atomic E-state index is -4.10. The molecule has 1 unspecified atom stereocenters. The highest BCUT2D eigenvalue weighted by atomic mass is 32.2. The quantitative estimate of drug-likeness (QED) is 0.248. The molecule has 0 aliphatic heterocycles. The fourth-order valence-electron chi connectivity index (χ4n) is 1.90. The number of unbranched alkanes of at least 4 members (excludes halogenated alkanes) is 1. The number of hydrogen-bond acceptors (Lipinski definition) is 5. The van der Waals surface area contributed by atoms with Crippen LogP contribution in [0.5, 0.6) is 0 Å². The third-order valence-electron chi connectivity index (χ3n) is 3.57. The third kappa shape index (κ3) is 11.7. The highest BCUT2D eigenvalue weighted by molar-refractivity contribution is 7.85. The Labute approximate surface area is 128 Å². The van der Waals surface area contributed by atoms with Gasteiger partial charge in [0.1, 0.15) is 0 Å². The van der Waals surface area contributed by atoms with Crippen molar-refractivity contribution in [3.05, 3.63) is 0 Å². The molecular formula is C14H29NO5S. The average molecular weight is 323 g/mol. The van der Waals surface area contributed by atoms with Crippen LogP contribution in [0.1, 0.15) is 39.5 Å². The van der Waals surface area contributed by atoms with Gasteiger partial charge in [-0.2, -0.15) is 0 Å². The van der Waals surface area contributed by atoms with E-state index in [2.05, 4.69) is 0 Å². The summed E-state index contributed by atoms with van der Waals surface area (Å²) in [7, 11) is -0.00981. The Bertz CT molecular complexity index is 406. The van der Waals surface area contributed by atoms with Gasteiger partial charge in [0, 0.05) is 12.2 Å². The molecule has 0 aliphatic rings. The van der Waals surface area contributed by atoms with Crippen LogP contribution in [-0.4, -0.2) is 63.0 Å². The van der Waals surface area contributed by atoms with E-state index in [9.17, 15) is 17.8 Å². The molecule has 0 saturated heterocycles. The van der Waals surface area contributed by atoms with Gasteiger partial charge in [0.15, 0.2) is 0 Å². The minimum absolute atomic E-state index is 0.0541. The van der Waals surface area contributed by atoms with Gasteiger partial charge in [0.05, 0.1) is 49.8 Å². The lowest BCUT2D eigenvalue weighted by Crippen LogP contribution is -2.41. The Hall–Kier alpha value is -0.660. The Balaban J connectivity index is 3.80. The van der Waals surface area contributed by atoms with Crippen LogP contribution in [0.15, 0.2) is 0 Å². The van der Waals surface area contributed by atoms with Gasteiger partial charge in [-0.1, -0.05) is 13.8 Å². The number of carbonyl (C=O) groups excluding carboxylic acids is 1. The van der Waals surface area contributed by atoms with Crippen LogP contribution in [0, 0.1) is 5.92 Å². The molecule has 0 fully saturated rings. The van der Waals surface area contributed by atoms with E-state index in [1.54, 1.807) is 0 Å². The van der Waals surface area contributed by atoms with Gasteiger partial charge < -0.3 is 13.8 Å². The SMILES string of the molecule is CCC(C)C(=O)OCCC[N+](C)(C)CCCCS(=O)(=O)[O-]. The summed E-state index contributed by atoms with van der Waals surface area (Å²) in [6.07, 6.45) is 2.65. The van der Waals surface area contributed by atoms with Gasteiger partial charge in [-0.3, -0.25) is 4.79 Å². The van der Waals surface area contributed by atoms with E-state index < -0.39 is 10.1 Å². The number of carbonyl (C=O) groups is 1. The summed E-state index contributed by atoms with van der Waals surface area (Å²) in [5.74, 6) is -0.496. The predicted molar refractivity (Wildman–Crippen MR) is 80.7 cm³/mol. The molecule has 0 saturated carbocycles. The van der Waals surface area contributed by atoms with E-state index in [1.165, 1.54) is 0 Å². The molecule has 0 spiro atoms. The van der Waals surface area contributed by atoms with Crippen LogP contribution >= 0.6 is 0 Å². The standard InChI is InChI=1S/C14H29NO5S/c1-5-13(2)14(16)20-11-8-10-15(3,4)9-6-7-12-21(17,18)19/h13H,5-12H2,1-4H3. The second kappa shape index (κ2) is 9.38. The minimum Gasteiger partial charge on any atom is -0.748 e. The lowest BCUT2D eigenvalue weighted by atomic mass is 10.1. The zero-order valence-corrected chi connectivity index (χ0v) is 14.4. The van der Waals surface area contributed by atoms with Gasteiger partial charge in [0.25, 0.3) is 0 Å². The third-order valence-corrected chi connectivity index (χ3v) is 4.36. The largest absolute Gasteiger partial charge is 0.748 e. The highest BCUT2D eigenvalue weighted by Gasteiger charge is 2.16. The molecule has 0 bridgehead atoms. The molecule has 6 nitrogen and oxygen atoms in total. The summed E-state index contributed by atoms with van der Waals surface area (Å²) in [5.41, 5.74) is 0. The van der Waals surface area contributed by atoms with Gasteiger partial charge in [0.2, 0.25) is 0 Å². The van der Waals surface area contributed by atoms with Crippen LogP contribution < -0.4 is 0 Å². The summed E-state index contributed by atoms with van der Waals surface area (Å²) in [5, 5.41) is 0. The fourth-order valence-corrected chi connectivity index (χ4v) is 2.46. The van der Waals surface area contributed by atoms with Crippen molar-refractivity contribution in [3.63, 3.8) is 0 Å². The van der Waals surface area contributed by atoms with Crippen molar-refractivity contribution < 1.29 is 27.0 Å². The Morgan fingerprint density at radius 1 is 1.19 bits per heavy atom. The Morgan fingerprint density at radius 2 is 1.76 bits per heavy atom. The van der Waals surface area contributed by atoms with Gasteiger partial charge in [-0.05, 0) is 19.3 Å². The van der Waals surface area contributed by atoms with Crippen molar-refractivity contribution in [3.8, 4) is 0 Å². The zero-order valence-electron chi connectivity index (χ0n) is 13.6. The molecule has 0 aromatic carbocycles. The molecular weight excluding hydrogens is 294 g/mol. The topological polar surface area (TPSA) is 83.5 Å². The number of ether oxygens (including phenoxy) is 1. The molecule has 126 valence electrons. The first kappa shape index (κ1) is 20.3. The van der Waals surface area contributed by atoms with Crippen LogP contribution in [-0.2, 0) is 19.6 Å². The Kier molecular flexibility index (Phi) is 9.08. The maximum Gasteiger partial charge on any atom is 0.308 e. The van der Waals surface area contributed by atoms with Gasteiger partial charge in [-0.25, -0.2) is 8.42 Å². The van der Waals surface area contributed by atoms with Crippen molar-refractivity contribution in [1.29, 1.82) is 0 Å². The van der Waals surface area contributed by atoms with Crippen LogP contribution in [0.25, 0.3) is 0 Å². The second-order valence-corrected chi connectivity index (χ2v) is 7.71. The van der Waals surface area contributed by atoms with E-state index in [0.29, 0.717) is 19.4 Å². The lowest BCUT2D eigenvalue weighted by Gasteiger charge is -2.30. The van der Waals surface area contributed by atoms with E-state index in [1.807, 2.05) is 27.9 Å². The first-order valence-electron chi connectivity index (χ1n) is 7.49. The number of rotatable bonds is 11. The lowest BCUT2D eigenvalue weighted by molar-refractivity contribution is -0.890. The summed E-state index contributed by atoms with van der Waals surface area (Å²) >= 11 is 0. The molecule has 0 heterocycles. The summed E-state index contributed by atoms with van der Waals surface area (Å²) in [6.45, 7) is 5.87. The number of esters is 1. The van der Waals surface area contributed by atoms with E-state index in [4.69, 9.17) is 4.74 Å². The number of quaternary nitrogens is 1. The maximum absolute atomic E-state index is 11.5. The fraction of sp³-hybridized carbons (Fsp3) is 0.929. The monoisotopic (exact) mass is 323 g/mol. The molecule has 1 atom stereocenters.